The maximum absolute atomic E-state index is 2.50. The summed E-state index contributed by atoms with van der Waals surface area (Å²) in [6, 6.07) is 12.1. The maximum Gasteiger partial charge on any atom is 0.213 e. The molecule has 0 saturated heterocycles. The Kier molecular flexibility index (Phi) is 3.45. The van der Waals surface area contributed by atoms with E-state index in [9.17, 15) is 0 Å². The summed E-state index contributed by atoms with van der Waals surface area (Å²) >= 11 is 0. The molecule has 0 bridgehead atoms. The van der Waals surface area contributed by atoms with Gasteiger partial charge in [0, 0.05) is 23.4 Å². The van der Waals surface area contributed by atoms with Gasteiger partial charge in [0.05, 0.1) is 0 Å². The van der Waals surface area contributed by atoms with Gasteiger partial charge < -0.3 is 0 Å². The third-order valence-corrected chi connectivity index (χ3v) is 6.32. The molecule has 2 heterocycles. The van der Waals surface area contributed by atoms with E-state index in [0.29, 0.717) is 0 Å². The van der Waals surface area contributed by atoms with Crippen LogP contribution in [-0.2, 0) is 38.6 Å². The van der Waals surface area contributed by atoms with Gasteiger partial charge >= 0.3 is 0 Å². The van der Waals surface area contributed by atoms with Gasteiger partial charge in [0.15, 0.2) is 12.7 Å². The van der Waals surface area contributed by atoms with Crippen molar-refractivity contribution in [3.63, 3.8) is 0 Å². The van der Waals surface area contributed by atoms with Crippen molar-refractivity contribution in [1.29, 1.82) is 0 Å². The molecule has 1 aromatic heterocycles. The Morgan fingerprint density at radius 1 is 0.880 bits per heavy atom. The van der Waals surface area contributed by atoms with Crippen molar-refractivity contribution in [2.45, 2.75) is 58.9 Å². The molecule has 126 valence electrons. The first-order valence-corrected chi connectivity index (χ1v) is 9.91. The predicted octanol–water partition coefficient (Wildman–Crippen LogP) is 4.96. The van der Waals surface area contributed by atoms with E-state index in [-0.39, 0.29) is 0 Å². The van der Waals surface area contributed by atoms with E-state index in [1.807, 2.05) is 0 Å². The molecule has 0 unspecified atom stereocenters. The SMILES string of the molecule is CCc1ccc2cc3[n+](cc2c1CC)CCc1cc2c(cc1-3)CCC2. The number of benzene rings is 2. The number of pyridine rings is 1. The molecule has 3 aromatic rings. The highest BCUT2D eigenvalue weighted by Gasteiger charge is 2.26. The van der Waals surface area contributed by atoms with Crippen LogP contribution in [-0.4, -0.2) is 0 Å². The zero-order valence-corrected chi connectivity index (χ0v) is 15.4. The fourth-order valence-electron chi connectivity index (χ4n) is 4.99. The number of fused-ring (bicyclic) bond motifs is 5. The molecule has 25 heavy (non-hydrogen) atoms. The van der Waals surface area contributed by atoms with Gasteiger partial charge in [0.1, 0.15) is 0 Å². The van der Waals surface area contributed by atoms with Crippen LogP contribution in [0.25, 0.3) is 22.0 Å². The highest BCUT2D eigenvalue weighted by molar-refractivity contribution is 5.88. The topological polar surface area (TPSA) is 3.88 Å². The van der Waals surface area contributed by atoms with Crippen LogP contribution in [0.4, 0.5) is 0 Å². The quantitative estimate of drug-likeness (QED) is 0.585. The van der Waals surface area contributed by atoms with Gasteiger partial charge in [-0.05, 0) is 71.4 Å². The summed E-state index contributed by atoms with van der Waals surface area (Å²) in [4.78, 5) is 0. The zero-order chi connectivity index (χ0) is 17.0. The van der Waals surface area contributed by atoms with Gasteiger partial charge in [0.25, 0.3) is 0 Å². The molecule has 0 N–H and O–H groups in total. The Labute approximate surface area is 150 Å². The Morgan fingerprint density at radius 3 is 2.52 bits per heavy atom. The fraction of sp³-hybridized carbons (Fsp3) is 0.375. The number of hydrogen-bond donors (Lipinski definition) is 0. The van der Waals surface area contributed by atoms with E-state index < -0.39 is 0 Å². The number of aromatic nitrogens is 1. The van der Waals surface area contributed by atoms with Crippen LogP contribution in [0, 0.1) is 0 Å². The lowest BCUT2D eigenvalue weighted by atomic mass is 9.90. The highest BCUT2D eigenvalue weighted by Crippen LogP contribution is 2.34. The summed E-state index contributed by atoms with van der Waals surface area (Å²) in [6.45, 7) is 5.66. The Morgan fingerprint density at radius 2 is 1.72 bits per heavy atom. The molecular formula is C24H26N+. The van der Waals surface area contributed by atoms with Crippen molar-refractivity contribution in [1.82, 2.24) is 0 Å². The highest BCUT2D eigenvalue weighted by atomic mass is 15.0. The van der Waals surface area contributed by atoms with Crippen LogP contribution in [0.1, 0.15) is 48.1 Å². The second kappa shape index (κ2) is 5.69. The summed E-state index contributed by atoms with van der Waals surface area (Å²) in [5, 5.41) is 2.85. The van der Waals surface area contributed by atoms with E-state index >= 15 is 0 Å². The molecule has 0 spiro atoms. The lowest BCUT2D eigenvalue weighted by molar-refractivity contribution is -0.686. The van der Waals surface area contributed by atoms with E-state index in [1.165, 1.54) is 58.8 Å². The summed E-state index contributed by atoms with van der Waals surface area (Å²) in [6.07, 6.45) is 9.70. The van der Waals surface area contributed by atoms with E-state index in [2.05, 4.69) is 54.9 Å². The number of rotatable bonds is 2. The smallest absolute Gasteiger partial charge is 0.197 e. The predicted molar refractivity (Wildman–Crippen MR) is 104 cm³/mol. The molecule has 0 saturated carbocycles. The second-order valence-electron chi connectivity index (χ2n) is 7.65. The van der Waals surface area contributed by atoms with Crippen LogP contribution in [0.15, 0.2) is 36.5 Å². The van der Waals surface area contributed by atoms with Crippen molar-refractivity contribution in [3.8, 4) is 11.3 Å². The second-order valence-corrected chi connectivity index (χ2v) is 7.65. The van der Waals surface area contributed by atoms with Gasteiger partial charge in [-0.15, -0.1) is 0 Å². The lowest BCUT2D eigenvalue weighted by Gasteiger charge is -2.18. The van der Waals surface area contributed by atoms with E-state index in [1.54, 1.807) is 16.7 Å². The van der Waals surface area contributed by atoms with Crippen molar-refractivity contribution < 1.29 is 4.57 Å². The largest absolute Gasteiger partial charge is 0.213 e. The zero-order valence-electron chi connectivity index (χ0n) is 15.4. The van der Waals surface area contributed by atoms with Gasteiger partial charge in [-0.3, -0.25) is 0 Å². The van der Waals surface area contributed by atoms with Crippen molar-refractivity contribution in [2.24, 2.45) is 0 Å². The molecule has 0 atom stereocenters. The van der Waals surface area contributed by atoms with Gasteiger partial charge in [-0.1, -0.05) is 32.0 Å². The molecule has 5 rings (SSSR count). The normalized spacial score (nSPS) is 15.1. The summed E-state index contributed by atoms with van der Waals surface area (Å²) < 4.78 is 2.50. The first-order valence-electron chi connectivity index (χ1n) is 9.91. The van der Waals surface area contributed by atoms with Crippen LogP contribution >= 0.6 is 0 Å². The first-order chi connectivity index (χ1) is 12.3. The van der Waals surface area contributed by atoms with E-state index in [0.717, 1.165) is 19.4 Å². The fourth-order valence-corrected chi connectivity index (χ4v) is 4.99. The molecule has 1 aliphatic heterocycles. The minimum absolute atomic E-state index is 1.11. The minimum atomic E-state index is 1.11. The van der Waals surface area contributed by atoms with Gasteiger partial charge in [0.2, 0.25) is 5.69 Å². The van der Waals surface area contributed by atoms with Crippen LogP contribution in [0.2, 0.25) is 0 Å². The average Bonchev–Trinajstić information content (AvgIpc) is 3.11. The number of nitrogens with zero attached hydrogens (tertiary/aromatic N) is 1. The third kappa shape index (κ3) is 2.25. The monoisotopic (exact) mass is 328 g/mol. The third-order valence-electron chi connectivity index (χ3n) is 6.32. The molecule has 1 nitrogen and oxygen atoms in total. The molecular weight excluding hydrogens is 302 g/mol. The average molecular weight is 328 g/mol. The molecule has 1 heteroatoms. The summed E-state index contributed by atoms with van der Waals surface area (Å²) in [7, 11) is 0. The van der Waals surface area contributed by atoms with Crippen molar-refractivity contribution in [3.05, 3.63) is 64.3 Å². The molecule has 0 amide bonds. The Balaban J connectivity index is 1.75. The number of aryl methyl sites for hydroxylation is 6. The maximum atomic E-state index is 2.50. The first kappa shape index (κ1) is 15.1. The summed E-state index contributed by atoms with van der Waals surface area (Å²) in [5.74, 6) is 0. The van der Waals surface area contributed by atoms with Gasteiger partial charge in [-0.25, -0.2) is 0 Å². The van der Waals surface area contributed by atoms with Crippen molar-refractivity contribution >= 4 is 10.8 Å². The molecule has 0 fully saturated rings. The van der Waals surface area contributed by atoms with Crippen molar-refractivity contribution in [2.75, 3.05) is 0 Å². The lowest BCUT2D eigenvalue weighted by Crippen LogP contribution is -2.40. The summed E-state index contributed by atoms with van der Waals surface area (Å²) in [5.41, 5.74) is 10.7. The standard InChI is InChI=1S/C24H26N/c1-3-16-8-9-19-14-24-22-13-18-7-5-6-17(18)12-20(22)10-11-25(24)15-23(19)21(16)4-2/h8-9,12-15H,3-7,10-11H2,1-2H3/q+1. The van der Waals surface area contributed by atoms with Crippen LogP contribution < -0.4 is 4.57 Å². The minimum Gasteiger partial charge on any atom is -0.197 e. The number of hydrogen-bond acceptors (Lipinski definition) is 0. The van der Waals surface area contributed by atoms with Crippen LogP contribution in [0.3, 0.4) is 0 Å². The molecule has 0 radical (unpaired) electrons. The Bertz CT molecular complexity index is 997. The molecule has 2 aliphatic rings. The molecule has 2 aromatic carbocycles. The van der Waals surface area contributed by atoms with E-state index in [4.69, 9.17) is 0 Å². The Hall–Kier alpha value is -2.15. The van der Waals surface area contributed by atoms with Gasteiger partial charge in [-0.2, -0.15) is 4.57 Å². The van der Waals surface area contributed by atoms with Crippen LogP contribution in [0.5, 0.6) is 0 Å². The molecule has 1 aliphatic carbocycles.